The van der Waals surface area contributed by atoms with Crippen molar-refractivity contribution in [2.24, 2.45) is 22.7 Å². The Bertz CT molecular complexity index is 153. The van der Waals surface area contributed by atoms with Gasteiger partial charge in [0.15, 0.2) is 0 Å². The van der Waals surface area contributed by atoms with Gasteiger partial charge in [-0.25, -0.2) is 0 Å². The summed E-state index contributed by atoms with van der Waals surface area (Å²) in [4.78, 5) is 0. The van der Waals surface area contributed by atoms with E-state index in [2.05, 4.69) is 41.5 Å². The summed E-state index contributed by atoms with van der Waals surface area (Å²) in [5.41, 5.74) is 0.791. The van der Waals surface area contributed by atoms with Crippen molar-refractivity contribution >= 4 is 0 Å². The number of rotatable bonds is 1. The molecule has 0 spiro atoms. The van der Waals surface area contributed by atoms with Gasteiger partial charge in [0.2, 0.25) is 0 Å². The first-order chi connectivity index (χ1) is 5.73. The van der Waals surface area contributed by atoms with Crippen LogP contribution >= 0.6 is 0 Å². The minimum absolute atomic E-state index is 0.396. The average molecular weight is 184 g/mol. The highest BCUT2D eigenvalue weighted by atomic mass is 16.5. The topological polar surface area (TPSA) is 9.23 Å². The highest BCUT2D eigenvalue weighted by Gasteiger charge is 2.43. The average Bonchev–Trinajstić information content (AvgIpc) is 1.71. The van der Waals surface area contributed by atoms with E-state index < -0.39 is 0 Å². The molecule has 0 aliphatic carbocycles. The lowest BCUT2D eigenvalue weighted by Crippen LogP contribution is -2.46. The van der Waals surface area contributed by atoms with Crippen LogP contribution in [0.2, 0.25) is 0 Å². The monoisotopic (exact) mass is 184 g/mol. The van der Waals surface area contributed by atoms with E-state index >= 15 is 0 Å². The second-order valence-corrected chi connectivity index (χ2v) is 6.51. The van der Waals surface area contributed by atoms with Gasteiger partial charge in [-0.05, 0) is 16.7 Å². The molecule has 0 amide bonds. The number of hydrogen-bond acceptors (Lipinski definition) is 1. The van der Waals surface area contributed by atoms with E-state index in [0.717, 1.165) is 25.0 Å². The first kappa shape index (κ1) is 11.0. The largest absolute Gasteiger partial charge is 0.381 e. The van der Waals surface area contributed by atoms with E-state index in [1.165, 1.54) is 0 Å². The molecule has 0 unspecified atom stereocenters. The fraction of sp³-hybridized carbons (Fsp3) is 1.00. The van der Waals surface area contributed by atoms with Crippen molar-refractivity contribution in [2.45, 2.75) is 41.5 Å². The predicted octanol–water partition coefficient (Wildman–Crippen LogP) is 3.34. The molecule has 1 nitrogen and oxygen atoms in total. The fourth-order valence-electron chi connectivity index (χ4n) is 3.16. The quantitative estimate of drug-likeness (QED) is 0.607. The summed E-state index contributed by atoms with van der Waals surface area (Å²) in [7, 11) is 0. The molecule has 0 N–H and O–H groups in total. The third-order valence-electron chi connectivity index (χ3n) is 3.00. The Morgan fingerprint density at radius 2 is 1.31 bits per heavy atom. The molecule has 0 aromatic heterocycles. The van der Waals surface area contributed by atoms with Crippen molar-refractivity contribution in [3.05, 3.63) is 0 Å². The molecule has 78 valence electrons. The van der Waals surface area contributed by atoms with Crippen LogP contribution in [0.5, 0.6) is 0 Å². The molecule has 1 aliphatic heterocycles. The molecule has 1 heteroatoms. The van der Waals surface area contributed by atoms with Gasteiger partial charge in [0.1, 0.15) is 0 Å². The van der Waals surface area contributed by atoms with Crippen molar-refractivity contribution in [2.75, 3.05) is 13.2 Å². The maximum absolute atomic E-state index is 5.31. The molecular weight excluding hydrogens is 160 g/mol. The zero-order valence-corrected chi connectivity index (χ0v) is 9.98. The minimum Gasteiger partial charge on any atom is -0.381 e. The summed E-state index contributed by atoms with van der Waals surface area (Å²) in [6.07, 6.45) is 0. The lowest BCUT2D eigenvalue weighted by atomic mass is 9.60. The standard InChI is InChI=1S/C12H24O/c1-11(2,3)10(12(4,5)6)9-7-13-8-9/h9-10H,7-8H2,1-6H3. The molecule has 1 fully saturated rings. The molecule has 0 aromatic carbocycles. The highest BCUT2D eigenvalue weighted by molar-refractivity contribution is 4.90. The molecule has 0 atom stereocenters. The van der Waals surface area contributed by atoms with Crippen molar-refractivity contribution in [1.29, 1.82) is 0 Å². The molecule has 13 heavy (non-hydrogen) atoms. The lowest BCUT2D eigenvalue weighted by Gasteiger charge is -2.48. The molecule has 1 aliphatic rings. The van der Waals surface area contributed by atoms with E-state index in [9.17, 15) is 0 Å². The van der Waals surface area contributed by atoms with E-state index in [-0.39, 0.29) is 0 Å². The van der Waals surface area contributed by atoms with Crippen LogP contribution in [-0.2, 0) is 4.74 Å². The second-order valence-electron chi connectivity index (χ2n) is 6.51. The van der Waals surface area contributed by atoms with Crippen LogP contribution < -0.4 is 0 Å². The van der Waals surface area contributed by atoms with Crippen LogP contribution in [0.25, 0.3) is 0 Å². The summed E-state index contributed by atoms with van der Waals surface area (Å²) >= 11 is 0. The Kier molecular flexibility index (Phi) is 2.78. The van der Waals surface area contributed by atoms with Gasteiger partial charge in [-0.1, -0.05) is 41.5 Å². The smallest absolute Gasteiger partial charge is 0.0519 e. The van der Waals surface area contributed by atoms with E-state index in [1.54, 1.807) is 0 Å². The lowest BCUT2D eigenvalue weighted by molar-refractivity contribution is -0.115. The van der Waals surface area contributed by atoms with Crippen LogP contribution in [0.1, 0.15) is 41.5 Å². The van der Waals surface area contributed by atoms with Crippen LogP contribution in [0.3, 0.4) is 0 Å². The molecule has 0 saturated carbocycles. The van der Waals surface area contributed by atoms with E-state index in [0.29, 0.717) is 10.8 Å². The van der Waals surface area contributed by atoms with Crippen molar-refractivity contribution in [3.8, 4) is 0 Å². The first-order valence-corrected chi connectivity index (χ1v) is 5.30. The predicted molar refractivity (Wildman–Crippen MR) is 56.7 cm³/mol. The summed E-state index contributed by atoms with van der Waals surface area (Å²) < 4.78 is 5.31. The zero-order valence-electron chi connectivity index (χ0n) is 9.98. The Morgan fingerprint density at radius 3 is 1.38 bits per heavy atom. The molecule has 1 saturated heterocycles. The van der Waals surface area contributed by atoms with Gasteiger partial charge < -0.3 is 4.74 Å². The third kappa shape index (κ3) is 2.46. The third-order valence-corrected chi connectivity index (χ3v) is 3.00. The first-order valence-electron chi connectivity index (χ1n) is 5.30. The Morgan fingerprint density at radius 1 is 0.923 bits per heavy atom. The van der Waals surface area contributed by atoms with Crippen LogP contribution in [0, 0.1) is 22.7 Å². The number of hydrogen-bond donors (Lipinski definition) is 0. The Labute approximate surface area is 82.9 Å². The highest BCUT2D eigenvalue weighted by Crippen LogP contribution is 2.46. The maximum atomic E-state index is 5.31. The van der Waals surface area contributed by atoms with Gasteiger partial charge in [-0.3, -0.25) is 0 Å². The summed E-state index contributed by atoms with van der Waals surface area (Å²) in [5, 5.41) is 0. The van der Waals surface area contributed by atoms with Crippen LogP contribution in [-0.4, -0.2) is 13.2 Å². The summed E-state index contributed by atoms with van der Waals surface area (Å²) in [6.45, 7) is 16.0. The van der Waals surface area contributed by atoms with Gasteiger partial charge in [-0.2, -0.15) is 0 Å². The minimum atomic E-state index is 0.396. The summed E-state index contributed by atoms with van der Waals surface area (Å²) in [6, 6.07) is 0. The van der Waals surface area contributed by atoms with Gasteiger partial charge in [0.05, 0.1) is 13.2 Å². The molecule has 1 rings (SSSR count). The van der Waals surface area contributed by atoms with Gasteiger partial charge in [0, 0.05) is 5.92 Å². The number of ether oxygens (including phenoxy) is 1. The van der Waals surface area contributed by atoms with E-state index in [4.69, 9.17) is 4.74 Å². The molecule has 1 heterocycles. The second kappa shape index (κ2) is 3.27. The Hall–Kier alpha value is -0.0400. The van der Waals surface area contributed by atoms with Gasteiger partial charge in [-0.15, -0.1) is 0 Å². The molecular formula is C12H24O. The normalized spacial score (nSPS) is 20.5. The van der Waals surface area contributed by atoms with Gasteiger partial charge >= 0.3 is 0 Å². The van der Waals surface area contributed by atoms with Crippen molar-refractivity contribution < 1.29 is 4.74 Å². The fourth-order valence-corrected chi connectivity index (χ4v) is 3.16. The van der Waals surface area contributed by atoms with Crippen LogP contribution in [0.4, 0.5) is 0 Å². The van der Waals surface area contributed by atoms with Crippen molar-refractivity contribution in [3.63, 3.8) is 0 Å². The zero-order chi connectivity index (χ0) is 10.3. The molecule has 0 radical (unpaired) electrons. The Balaban J connectivity index is 2.76. The summed E-state index contributed by atoms with van der Waals surface area (Å²) in [5.74, 6) is 1.54. The van der Waals surface area contributed by atoms with Crippen molar-refractivity contribution in [1.82, 2.24) is 0 Å². The SMILES string of the molecule is CC(C)(C)C(C1COC1)C(C)(C)C. The van der Waals surface area contributed by atoms with E-state index in [1.807, 2.05) is 0 Å². The van der Waals surface area contributed by atoms with Crippen LogP contribution in [0.15, 0.2) is 0 Å². The maximum Gasteiger partial charge on any atom is 0.0519 e. The van der Waals surface area contributed by atoms with Gasteiger partial charge in [0.25, 0.3) is 0 Å². The molecule has 0 bridgehead atoms. The molecule has 0 aromatic rings.